The van der Waals surface area contributed by atoms with E-state index < -0.39 is 16.1 Å². The maximum atomic E-state index is 11.1. The topological polar surface area (TPSA) is 110 Å². The summed E-state index contributed by atoms with van der Waals surface area (Å²) in [4.78, 5) is 10.9. The molecule has 112 valence electrons. The van der Waals surface area contributed by atoms with Gasteiger partial charge in [0.25, 0.3) is 10.1 Å². The van der Waals surface area contributed by atoms with Crippen LogP contribution in [0.5, 0.6) is 5.75 Å². The lowest BCUT2D eigenvalue weighted by atomic mass is 10.3. The number of carbonyl (C=O) groups excluding carboxylic acids is 1. The zero-order valence-corrected chi connectivity index (χ0v) is 11.5. The van der Waals surface area contributed by atoms with E-state index in [1.165, 1.54) is 24.3 Å². The van der Waals surface area contributed by atoms with Crippen LogP contribution < -0.4 is 4.74 Å². The summed E-state index contributed by atoms with van der Waals surface area (Å²) < 4.78 is 40.4. The molecule has 0 radical (unpaired) electrons. The van der Waals surface area contributed by atoms with Gasteiger partial charge in [-0.25, -0.2) is 0 Å². The van der Waals surface area contributed by atoms with Crippen LogP contribution in [0.15, 0.2) is 29.2 Å². The second-order valence-corrected chi connectivity index (χ2v) is 5.26. The van der Waals surface area contributed by atoms with Crippen LogP contribution >= 0.6 is 0 Å². The minimum Gasteiger partial charge on any atom is -0.494 e. The number of aliphatic hydroxyl groups excluding tert-OH is 1. The van der Waals surface area contributed by atoms with Crippen LogP contribution in [0, 0.1) is 0 Å². The number of carbonyl (C=O) groups is 1. The molecular weight excluding hydrogens is 288 g/mol. The molecule has 8 heteroatoms. The van der Waals surface area contributed by atoms with Crippen molar-refractivity contribution < 1.29 is 32.3 Å². The second-order valence-electron chi connectivity index (χ2n) is 3.84. The molecule has 0 aliphatic carbocycles. The van der Waals surface area contributed by atoms with Crippen LogP contribution in [0.2, 0.25) is 0 Å². The quantitative estimate of drug-likeness (QED) is 0.411. The maximum absolute atomic E-state index is 11.1. The molecule has 2 N–H and O–H groups in total. The highest BCUT2D eigenvalue weighted by Crippen LogP contribution is 2.15. The molecule has 0 amide bonds. The molecule has 7 nitrogen and oxygen atoms in total. The number of ether oxygens (including phenoxy) is 2. The lowest BCUT2D eigenvalue weighted by molar-refractivity contribution is -0.144. The third kappa shape index (κ3) is 6.00. The highest BCUT2D eigenvalue weighted by Gasteiger charge is 2.08. The van der Waals surface area contributed by atoms with E-state index in [0.29, 0.717) is 12.2 Å². The van der Waals surface area contributed by atoms with Crippen molar-refractivity contribution in [3.05, 3.63) is 24.3 Å². The van der Waals surface area contributed by atoms with E-state index in [1.54, 1.807) is 0 Å². The molecular formula is C12H16O7S. The predicted octanol–water partition coefficient (Wildman–Crippen LogP) is 0.628. The molecule has 1 aromatic carbocycles. The van der Waals surface area contributed by atoms with Crippen molar-refractivity contribution in [2.45, 2.75) is 17.7 Å². The smallest absolute Gasteiger partial charge is 0.305 e. The van der Waals surface area contributed by atoms with Gasteiger partial charge in [0.15, 0.2) is 0 Å². The number of benzene rings is 1. The molecule has 0 saturated heterocycles. The highest BCUT2D eigenvalue weighted by atomic mass is 32.2. The summed E-state index contributed by atoms with van der Waals surface area (Å²) in [6.07, 6.45) is 0.605. The molecule has 0 fully saturated rings. The van der Waals surface area contributed by atoms with Crippen molar-refractivity contribution >= 4 is 16.1 Å². The average Bonchev–Trinajstić information content (AvgIpc) is 2.41. The molecule has 1 rings (SSSR count). The Hall–Kier alpha value is -1.64. The normalized spacial score (nSPS) is 11.1. The second kappa shape index (κ2) is 7.83. The summed E-state index contributed by atoms with van der Waals surface area (Å²) >= 11 is 0. The van der Waals surface area contributed by atoms with Crippen LogP contribution in [0.25, 0.3) is 0 Å². The van der Waals surface area contributed by atoms with E-state index in [4.69, 9.17) is 14.4 Å². The fraction of sp³-hybridized carbons (Fsp3) is 0.417. The number of rotatable bonds is 8. The van der Waals surface area contributed by atoms with Crippen LogP contribution in [0.1, 0.15) is 12.8 Å². The van der Waals surface area contributed by atoms with Gasteiger partial charge in [-0.3, -0.25) is 9.35 Å². The van der Waals surface area contributed by atoms with Crippen molar-refractivity contribution in [3.63, 3.8) is 0 Å². The number of hydrogen-bond donors (Lipinski definition) is 2. The SMILES string of the molecule is O=C(CCCOc1ccc(S(=O)(=O)O)cc1)OCCO. The third-order valence-corrected chi connectivity index (χ3v) is 3.14. The zero-order chi connectivity index (χ0) is 15.0. The zero-order valence-electron chi connectivity index (χ0n) is 10.7. The van der Waals surface area contributed by atoms with E-state index in [2.05, 4.69) is 4.74 Å². The molecule has 0 bridgehead atoms. The summed E-state index contributed by atoms with van der Waals surface area (Å²) in [6.45, 7) is 0.0403. The first kappa shape index (κ1) is 16.4. The van der Waals surface area contributed by atoms with E-state index in [9.17, 15) is 13.2 Å². The molecule has 0 unspecified atom stereocenters. The first-order valence-corrected chi connectivity index (χ1v) is 7.34. The molecule has 0 aliphatic heterocycles. The summed E-state index contributed by atoms with van der Waals surface area (Å²) in [5, 5.41) is 8.45. The van der Waals surface area contributed by atoms with E-state index in [1.807, 2.05) is 0 Å². The summed E-state index contributed by atoms with van der Waals surface area (Å²) in [5.41, 5.74) is 0. The van der Waals surface area contributed by atoms with Gasteiger partial charge >= 0.3 is 5.97 Å². The Morgan fingerprint density at radius 1 is 1.15 bits per heavy atom. The molecule has 0 aliphatic rings. The molecule has 0 saturated carbocycles. The Balaban J connectivity index is 2.31. The molecule has 1 aromatic rings. The first-order chi connectivity index (χ1) is 9.43. The van der Waals surface area contributed by atoms with Crippen molar-refractivity contribution in [2.75, 3.05) is 19.8 Å². The minimum atomic E-state index is -4.20. The van der Waals surface area contributed by atoms with E-state index >= 15 is 0 Å². The van der Waals surface area contributed by atoms with Gasteiger partial charge in [-0.1, -0.05) is 0 Å². The van der Waals surface area contributed by atoms with Crippen molar-refractivity contribution in [2.24, 2.45) is 0 Å². The highest BCUT2D eigenvalue weighted by molar-refractivity contribution is 7.85. The largest absolute Gasteiger partial charge is 0.494 e. The molecule has 0 heterocycles. The average molecular weight is 304 g/mol. The Morgan fingerprint density at radius 2 is 1.80 bits per heavy atom. The van der Waals surface area contributed by atoms with E-state index in [-0.39, 0.29) is 31.1 Å². The van der Waals surface area contributed by atoms with Crippen molar-refractivity contribution in [3.8, 4) is 5.75 Å². The third-order valence-electron chi connectivity index (χ3n) is 2.27. The van der Waals surface area contributed by atoms with Gasteiger partial charge in [-0.05, 0) is 30.7 Å². The number of hydrogen-bond acceptors (Lipinski definition) is 6. The van der Waals surface area contributed by atoms with E-state index in [0.717, 1.165) is 0 Å². The van der Waals surface area contributed by atoms with Gasteiger partial charge in [0.1, 0.15) is 12.4 Å². The maximum Gasteiger partial charge on any atom is 0.305 e. The monoisotopic (exact) mass is 304 g/mol. The van der Waals surface area contributed by atoms with Gasteiger partial charge in [-0.2, -0.15) is 8.42 Å². The summed E-state index contributed by atoms with van der Waals surface area (Å²) in [6, 6.07) is 5.26. The van der Waals surface area contributed by atoms with Gasteiger partial charge in [0.05, 0.1) is 18.1 Å². The molecule has 0 atom stereocenters. The Bertz CT molecular complexity index is 521. The fourth-order valence-corrected chi connectivity index (χ4v) is 1.83. The summed E-state index contributed by atoms with van der Waals surface area (Å²) in [7, 11) is -4.20. The first-order valence-electron chi connectivity index (χ1n) is 5.90. The minimum absolute atomic E-state index is 0.0171. The molecule has 0 aromatic heterocycles. The van der Waals surface area contributed by atoms with Crippen LogP contribution in [-0.2, 0) is 19.6 Å². The lowest BCUT2D eigenvalue weighted by Crippen LogP contribution is -2.09. The Morgan fingerprint density at radius 3 is 2.35 bits per heavy atom. The van der Waals surface area contributed by atoms with Crippen molar-refractivity contribution in [1.29, 1.82) is 0 Å². The van der Waals surface area contributed by atoms with Gasteiger partial charge < -0.3 is 14.6 Å². The van der Waals surface area contributed by atoms with Crippen LogP contribution in [0.3, 0.4) is 0 Å². The Labute approximate surface area is 116 Å². The molecule has 0 spiro atoms. The van der Waals surface area contributed by atoms with Crippen LogP contribution in [-0.4, -0.2) is 43.9 Å². The van der Waals surface area contributed by atoms with Crippen LogP contribution in [0.4, 0.5) is 0 Å². The number of aliphatic hydroxyl groups is 1. The standard InChI is InChI=1S/C12H16O7S/c13-7-9-19-12(14)2-1-8-18-10-3-5-11(6-4-10)20(15,16)17/h3-6,13H,1-2,7-9H2,(H,15,16,17). The van der Waals surface area contributed by atoms with Gasteiger partial charge in [-0.15, -0.1) is 0 Å². The Kier molecular flexibility index (Phi) is 6.43. The summed E-state index contributed by atoms with van der Waals surface area (Å²) in [5.74, 6) is 0.0190. The lowest BCUT2D eigenvalue weighted by Gasteiger charge is -2.06. The fourth-order valence-electron chi connectivity index (χ4n) is 1.35. The van der Waals surface area contributed by atoms with Crippen molar-refractivity contribution in [1.82, 2.24) is 0 Å². The van der Waals surface area contributed by atoms with Gasteiger partial charge in [0.2, 0.25) is 0 Å². The predicted molar refractivity (Wildman–Crippen MR) is 69.0 cm³/mol. The number of esters is 1. The molecule has 20 heavy (non-hydrogen) atoms. The van der Waals surface area contributed by atoms with Gasteiger partial charge in [0, 0.05) is 6.42 Å².